The Morgan fingerprint density at radius 2 is 2.16 bits per heavy atom. The zero-order valence-corrected chi connectivity index (χ0v) is 13.0. The number of rotatable bonds is 6. The third-order valence-electron chi connectivity index (χ3n) is 3.45. The minimum Gasteiger partial charge on any atom is -0.309 e. The fraction of sp³-hybridized carbons (Fsp3) is 0.750. The lowest BCUT2D eigenvalue weighted by Gasteiger charge is -2.11. The van der Waals surface area contributed by atoms with Crippen LogP contribution in [-0.4, -0.2) is 25.2 Å². The van der Waals surface area contributed by atoms with Gasteiger partial charge in [-0.2, -0.15) is 0 Å². The molecular weight excluding hydrogens is 282 g/mol. The Morgan fingerprint density at radius 3 is 2.79 bits per heavy atom. The molecule has 1 unspecified atom stereocenters. The Bertz CT molecular complexity index is 507. The van der Waals surface area contributed by atoms with E-state index in [2.05, 4.69) is 15.0 Å². The first-order valence-electron chi connectivity index (χ1n) is 6.73. The Kier molecular flexibility index (Phi) is 4.81. The first kappa shape index (κ1) is 14.7. The van der Waals surface area contributed by atoms with E-state index < -0.39 is 10.0 Å². The fourth-order valence-electron chi connectivity index (χ4n) is 2.35. The highest BCUT2D eigenvalue weighted by Crippen LogP contribution is 2.28. The molecule has 1 heterocycles. The lowest BCUT2D eigenvalue weighted by molar-refractivity contribution is 0.583. The van der Waals surface area contributed by atoms with E-state index in [9.17, 15) is 8.42 Å². The summed E-state index contributed by atoms with van der Waals surface area (Å²) in [7, 11) is -3.26. The number of nitrogens with zero attached hydrogens (tertiary/aromatic N) is 1. The second-order valence-corrected chi connectivity index (χ2v) is 7.73. The number of hydrogen-bond acceptors (Lipinski definition) is 5. The van der Waals surface area contributed by atoms with Gasteiger partial charge < -0.3 is 5.32 Å². The maximum absolute atomic E-state index is 12.1. The van der Waals surface area contributed by atoms with Crippen LogP contribution >= 0.6 is 11.3 Å². The standard InChI is InChI=1S/C12H21N3O2S2/c1-3-13-9(2)11-8-18-12(14-11)15-19(16,17)10-6-4-5-7-10/h8-10,13H,3-7H2,1-2H3,(H,14,15). The quantitative estimate of drug-likeness (QED) is 0.847. The number of aromatic nitrogens is 1. The van der Waals surface area contributed by atoms with E-state index >= 15 is 0 Å². The van der Waals surface area contributed by atoms with Crippen molar-refractivity contribution >= 4 is 26.5 Å². The average Bonchev–Trinajstić information content (AvgIpc) is 2.98. The van der Waals surface area contributed by atoms with Gasteiger partial charge in [0.25, 0.3) is 0 Å². The molecule has 19 heavy (non-hydrogen) atoms. The van der Waals surface area contributed by atoms with Gasteiger partial charge in [-0.25, -0.2) is 13.4 Å². The summed E-state index contributed by atoms with van der Waals surface area (Å²) in [5, 5.41) is 5.40. The minimum atomic E-state index is -3.26. The van der Waals surface area contributed by atoms with Crippen molar-refractivity contribution in [2.45, 2.75) is 50.8 Å². The highest BCUT2D eigenvalue weighted by Gasteiger charge is 2.29. The van der Waals surface area contributed by atoms with Crippen LogP contribution in [0, 0.1) is 0 Å². The third-order valence-corrected chi connectivity index (χ3v) is 6.18. The molecule has 0 aromatic carbocycles. The van der Waals surface area contributed by atoms with E-state index in [4.69, 9.17) is 0 Å². The highest BCUT2D eigenvalue weighted by atomic mass is 32.2. The predicted molar refractivity (Wildman–Crippen MR) is 79.0 cm³/mol. The first-order valence-corrected chi connectivity index (χ1v) is 9.16. The summed E-state index contributed by atoms with van der Waals surface area (Å²) in [6, 6.07) is 0.144. The van der Waals surface area contributed by atoms with Gasteiger partial charge in [0, 0.05) is 11.4 Å². The molecule has 7 heteroatoms. The molecule has 0 saturated heterocycles. The molecule has 1 aromatic heterocycles. The van der Waals surface area contributed by atoms with Gasteiger partial charge in [0.1, 0.15) is 0 Å². The Balaban J connectivity index is 2.03. The molecule has 1 fully saturated rings. The van der Waals surface area contributed by atoms with Gasteiger partial charge in [0.2, 0.25) is 10.0 Å². The van der Waals surface area contributed by atoms with Crippen LogP contribution in [0.25, 0.3) is 0 Å². The van der Waals surface area contributed by atoms with Crippen molar-refractivity contribution in [2.24, 2.45) is 0 Å². The van der Waals surface area contributed by atoms with Gasteiger partial charge in [-0.05, 0) is 26.3 Å². The summed E-state index contributed by atoms with van der Waals surface area (Å²) in [6.45, 7) is 4.92. The Morgan fingerprint density at radius 1 is 1.47 bits per heavy atom. The number of thiazole rings is 1. The van der Waals surface area contributed by atoms with E-state index in [1.807, 2.05) is 19.2 Å². The van der Waals surface area contributed by atoms with Crippen molar-refractivity contribution in [3.8, 4) is 0 Å². The average molecular weight is 303 g/mol. The molecule has 0 bridgehead atoms. The highest BCUT2D eigenvalue weighted by molar-refractivity contribution is 7.93. The molecule has 2 rings (SSSR count). The third kappa shape index (κ3) is 3.67. The number of anilines is 1. The summed E-state index contributed by atoms with van der Waals surface area (Å²) in [5.41, 5.74) is 0.885. The molecule has 2 N–H and O–H groups in total. The lowest BCUT2D eigenvalue weighted by atomic mass is 10.3. The number of sulfonamides is 1. The van der Waals surface area contributed by atoms with Crippen LogP contribution in [0.3, 0.4) is 0 Å². The van der Waals surface area contributed by atoms with Gasteiger partial charge in [-0.3, -0.25) is 4.72 Å². The summed E-state index contributed by atoms with van der Waals surface area (Å²) < 4.78 is 26.9. The molecule has 0 aliphatic heterocycles. The van der Waals surface area contributed by atoms with Gasteiger partial charge in [-0.1, -0.05) is 19.8 Å². The van der Waals surface area contributed by atoms with Crippen molar-refractivity contribution in [3.05, 3.63) is 11.1 Å². The zero-order chi connectivity index (χ0) is 13.9. The van der Waals surface area contributed by atoms with Crippen molar-refractivity contribution in [2.75, 3.05) is 11.3 Å². The van der Waals surface area contributed by atoms with E-state index in [1.165, 1.54) is 11.3 Å². The molecule has 0 spiro atoms. The summed E-state index contributed by atoms with van der Waals surface area (Å²) in [6.07, 6.45) is 3.54. The van der Waals surface area contributed by atoms with Crippen molar-refractivity contribution < 1.29 is 8.42 Å². The number of nitrogens with one attached hydrogen (secondary N) is 2. The number of hydrogen-bond donors (Lipinski definition) is 2. The van der Waals surface area contributed by atoms with Crippen LogP contribution < -0.4 is 10.0 Å². The van der Waals surface area contributed by atoms with Gasteiger partial charge in [0.05, 0.1) is 10.9 Å². The van der Waals surface area contributed by atoms with E-state index in [0.717, 1.165) is 37.9 Å². The van der Waals surface area contributed by atoms with E-state index in [1.54, 1.807) is 0 Å². The largest absolute Gasteiger partial charge is 0.309 e. The molecular formula is C12H21N3O2S2. The Labute approximate surface area is 118 Å². The van der Waals surface area contributed by atoms with E-state index in [-0.39, 0.29) is 11.3 Å². The SMILES string of the molecule is CCNC(C)c1csc(NS(=O)(=O)C2CCCC2)n1. The lowest BCUT2D eigenvalue weighted by Crippen LogP contribution is -2.25. The monoisotopic (exact) mass is 303 g/mol. The summed E-state index contributed by atoms with van der Waals surface area (Å²) in [4.78, 5) is 4.35. The fourth-order valence-corrected chi connectivity index (χ4v) is 4.94. The van der Waals surface area contributed by atoms with E-state index in [0.29, 0.717) is 5.13 Å². The summed E-state index contributed by atoms with van der Waals surface area (Å²) in [5.74, 6) is 0. The van der Waals surface area contributed by atoms with Crippen LogP contribution in [0.1, 0.15) is 51.3 Å². The molecule has 1 aliphatic rings. The van der Waals surface area contributed by atoms with Crippen LogP contribution in [0.2, 0.25) is 0 Å². The molecule has 1 saturated carbocycles. The second kappa shape index (κ2) is 6.19. The molecule has 1 aromatic rings. The second-order valence-electron chi connectivity index (χ2n) is 4.91. The molecule has 1 aliphatic carbocycles. The Hall–Kier alpha value is -0.660. The molecule has 108 valence electrons. The zero-order valence-electron chi connectivity index (χ0n) is 11.3. The smallest absolute Gasteiger partial charge is 0.237 e. The van der Waals surface area contributed by atoms with Crippen LogP contribution in [0.5, 0.6) is 0 Å². The normalized spacial score (nSPS) is 18.6. The van der Waals surface area contributed by atoms with Gasteiger partial charge in [0.15, 0.2) is 5.13 Å². The molecule has 0 amide bonds. The van der Waals surface area contributed by atoms with Gasteiger partial charge >= 0.3 is 0 Å². The van der Waals surface area contributed by atoms with Crippen LogP contribution in [0.4, 0.5) is 5.13 Å². The first-order chi connectivity index (χ1) is 9.03. The van der Waals surface area contributed by atoms with Crippen LogP contribution in [0.15, 0.2) is 5.38 Å². The summed E-state index contributed by atoms with van der Waals surface area (Å²) >= 11 is 1.35. The minimum absolute atomic E-state index is 0.144. The van der Waals surface area contributed by atoms with Gasteiger partial charge in [-0.15, -0.1) is 11.3 Å². The van der Waals surface area contributed by atoms with Crippen molar-refractivity contribution in [1.82, 2.24) is 10.3 Å². The maximum Gasteiger partial charge on any atom is 0.237 e. The topological polar surface area (TPSA) is 71.1 Å². The van der Waals surface area contributed by atoms with Crippen molar-refractivity contribution in [1.29, 1.82) is 0 Å². The molecule has 1 atom stereocenters. The van der Waals surface area contributed by atoms with Crippen molar-refractivity contribution in [3.63, 3.8) is 0 Å². The predicted octanol–water partition coefficient (Wildman–Crippen LogP) is 2.50. The van der Waals surface area contributed by atoms with Crippen LogP contribution in [-0.2, 0) is 10.0 Å². The molecule has 0 radical (unpaired) electrons. The maximum atomic E-state index is 12.1. The molecule has 5 nitrogen and oxygen atoms in total.